The molecular weight excluding hydrogens is 250 g/mol. The topological polar surface area (TPSA) is 38.3 Å². The summed E-state index contributed by atoms with van der Waals surface area (Å²) in [5.74, 6) is 1.22. The van der Waals surface area contributed by atoms with Crippen molar-refractivity contribution in [3.63, 3.8) is 0 Å². The first kappa shape index (κ1) is 13.6. The molecule has 1 aliphatic heterocycles. The van der Waals surface area contributed by atoms with Crippen LogP contribution in [0.1, 0.15) is 48.5 Å². The number of carbonyl (C=O) groups excluding carboxylic acids is 1. The van der Waals surface area contributed by atoms with Gasteiger partial charge in [0.05, 0.1) is 7.11 Å². The summed E-state index contributed by atoms with van der Waals surface area (Å²) in [6.07, 6.45) is 5.56. The van der Waals surface area contributed by atoms with E-state index in [2.05, 4.69) is 12.2 Å². The first-order chi connectivity index (χ1) is 9.69. The molecule has 0 saturated carbocycles. The van der Waals surface area contributed by atoms with Gasteiger partial charge in [-0.05, 0) is 50.3 Å². The van der Waals surface area contributed by atoms with Crippen LogP contribution in [0.25, 0.3) is 0 Å². The van der Waals surface area contributed by atoms with Gasteiger partial charge < -0.3 is 10.1 Å². The van der Waals surface area contributed by atoms with E-state index in [1.807, 2.05) is 18.2 Å². The summed E-state index contributed by atoms with van der Waals surface area (Å²) in [5.41, 5.74) is 2.05. The normalized spacial score (nSPS) is 29.9. The highest BCUT2D eigenvalue weighted by Crippen LogP contribution is 2.32. The maximum Gasteiger partial charge on any atom is 0.167 e. The molecule has 0 aromatic heterocycles. The molecule has 1 aromatic carbocycles. The van der Waals surface area contributed by atoms with E-state index < -0.39 is 0 Å². The molecule has 0 radical (unpaired) electrons. The number of nitrogens with one attached hydrogen (secondary N) is 1. The van der Waals surface area contributed by atoms with Crippen LogP contribution in [0.15, 0.2) is 18.2 Å². The predicted octanol–water partition coefficient (Wildman–Crippen LogP) is 2.97. The molecular formula is C17H23NO2. The van der Waals surface area contributed by atoms with Gasteiger partial charge in [0.1, 0.15) is 5.75 Å². The molecule has 0 spiro atoms. The number of hydrogen-bond acceptors (Lipinski definition) is 3. The Hall–Kier alpha value is -1.35. The lowest BCUT2D eigenvalue weighted by Gasteiger charge is -2.36. The lowest BCUT2D eigenvalue weighted by atomic mass is 9.76. The Morgan fingerprint density at radius 1 is 1.25 bits per heavy atom. The summed E-state index contributed by atoms with van der Waals surface area (Å²) in [4.78, 5) is 12.8. The molecule has 1 N–H and O–H groups in total. The number of rotatable bonds is 2. The molecule has 0 amide bonds. The number of hydrogen-bond donors (Lipinski definition) is 1. The molecule has 1 saturated heterocycles. The summed E-state index contributed by atoms with van der Waals surface area (Å²) >= 11 is 0. The largest absolute Gasteiger partial charge is 0.497 e. The first-order valence-electron chi connectivity index (χ1n) is 7.66. The standard InChI is InChI=1S/C17H23NO2/c1-11-4-3-5-16(18-11)14-9-7-12-6-8-13(20-2)10-15(12)17(14)19/h6,8,10-11,14,16,18H,3-5,7,9H2,1-2H3. The summed E-state index contributed by atoms with van der Waals surface area (Å²) in [5, 5.41) is 3.62. The Labute approximate surface area is 120 Å². The van der Waals surface area contributed by atoms with Gasteiger partial charge in [0.15, 0.2) is 5.78 Å². The van der Waals surface area contributed by atoms with Crippen molar-refractivity contribution in [2.45, 2.75) is 51.1 Å². The van der Waals surface area contributed by atoms with Crippen molar-refractivity contribution in [2.24, 2.45) is 5.92 Å². The van der Waals surface area contributed by atoms with Gasteiger partial charge in [-0.15, -0.1) is 0 Å². The van der Waals surface area contributed by atoms with Gasteiger partial charge in [0.2, 0.25) is 0 Å². The van der Waals surface area contributed by atoms with Crippen LogP contribution in [-0.4, -0.2) is 25.0 Å². The van der Waals surface area contributed by atoms with Crippen LogP contribution in [0.4, 0.5) is 0 Å². The van der Waals surface area contributed by atoms with Gasteiger partial charge in [0.25, 0.3) is 0 Å². The van der Waals surface area contributed by atoms with Crippen molar-refractivity contribution >= 4 is 5.78 Å². The van der Waals surface area contributed by atoms with E-state index >= 15 is 0 Å². The molecule has 3 rings (SSSR count). The monoisotopic (exact) mass is 273 g/mol. The molecule has 2 aliphatic rings. The van der Waals surface area contributed by atoms with E-state index in [0.717, 1.165) is 30.6 Å². The molecule has 1 aromatic rings. The third-order valence-corrected chi connectivity index (χ3v) is 4.78. The van der Waals surface area contributed by atoms with E-state index in [1.165, 1.54) is 18.4 Å². The van der Waals surface area contributed by atoms with Crippen molar-refractivity contribution < 1.29 is 9.53 Å². The van der Waals surface area contributed by atoms with Gasteiger partial charge in [-0.1, -0.05) is 12.5 Å². The summed E-state index contributed by atoms with van der Waals surface area (Å²) in [7, 11) is 1.65. The molecule has 3 atom stereocenters. The van der Waals surface area contributed by atoms with Gasteiger partial charge in [-0.2, -0.15) is 0 Å². The number of fused-ring (bicyclic) bond motifs is 1. The maximum absolute atomic E-state index is 12.8. The molecule has 1 heterocycles. The van der Waals surface area contributed by atoms with Gasteiger partial charge in [0, 0.05) is 23.6 Å². The lowest BCUT2D eigenvalue weighted by molar-refractivity contribution is 0.0844. The van der Waals surface area contributed by atoms with E-state index in [1.54, 1.807) is 7.11 Å². The summed E-state index contributed by atoms with van der Waals surface area (Å²) in [6.45, 7) is 2.22. The van der Waals surface area contributed by atoms with E-state index in [-0.39, 0.29) is 5.92 Å². The quantitative estimate of drug-likeness (QED) is 0.900. The molecule has 1 aliphatic carbocycles. The zero-order valence-corrected chi connectivity index (χ0v) is 12.3. The lowest BCUT2D eigenvalue weighted by Crippen LogP contribution is -2.48. The van der Waals surface area contributed by atoms with Gasteiger partial charge in [-0.25, -0.2) is 0 Å². The number of piperidine rings is 1. The molecule has 20 heavy (non-hydrogen) atoms. The van der Waals surface area contributed by atoms with E-state index in [4.69, 9.17) is 4.74 Å². The van der Waals surface area contributed by atoms with Crippen LogP contribution >= 0.6 is 0 Å². The third-order valence-electron chi connectivity index (χ3n) is 4.78. The molecule has 108 valence electrons. The average Bonchev–Trinajstić information content (AvgIpc) is 2.47. The van der Waals surface area contributed by atoms with E-state index in [0.29, 0.717) is 17.9 Å². The van der Waals surface area contributed by atoms with Gasteiger partial charge in [-0.3, -0.25) is 4.79 Å². The molecule has 3 heteroatoms. The number of carbonyl (C=O) groups is 1. The first-order valence-corrected chi connectivity index (χ1v) is 7.66. The summed E-state index contributed by atoms with van der Waals surface area (Å²) < 4.78 is 5.26. The van der Waals surface area contributed by atoms with Crippen molar-refractivity contribution in [3.8, 4) is 5.75 Å². The molecule has 3 nitrogen and oxygen atoms in total. The number of ether oxygens (including phenoxy) is 1. The minimum atomic E-state index is 0.136. The second-order valence-corrected chi connectivity index (χ2v) is 6.14. The fourth-order valence-corrected chi connectivity index (χ4v) is 3.65. The van der Waals surface area contributed by atoms with Crippen LogP contribution in [0.2, 0.25) is 0 Å². The Bertz CT molecular complexity index is 512. The van der Waals surface area contributed by atoms with Crippen molar-refractivity contribution in [3.05, 3.63) is 29.3 Å². The summed E-state index contributed by atoms with van der Waals surface area (Å²) in [6, 6.07) is 6.79. The van der Waals surface area contributed by atoms with Crippen molar-refractivity contribution in [2.75, 3.05) is 7.11 Å². The Balaban J connectivity index is 1.84. The molecule has 1 fully saturated rings. The Kier molecular flexibility index (Phi) is 3.79. The zero-order valence-electron chi connectivity index (χ0n) is 12.3. The highest BCUT2D eigenvalue weighted by atomic mass is 16.5. The predicted molar refractivity (Wildman–Crippen MR) is 79.4 cm³/mol. The minimum absolute atomic E-state index is 0.136. The third kappa shape index (κ3) is 2.47. The van der Waals surface area contributed by atoms with Crippen LogP contribution in [0.3, 0.4) is 0 Å². The van der Waals surface area contributed by atoms with Crippen LogP contribution in [0, 0.1) is 5.92 Å². The zero-order chi connectivity index (χ0) is 14.1. The second kappa shape index (κ2) is 5.57. The van der Waals surface area contributed by atoms with Gasteiger partial charge >= 0.3 is 0 Å². The number of methoxy groups -OCH3 is 1. The van der Waals surface area contributed by atoms with Crippen LogP contribution in [0.5, 0.6) is 5.75 Å². The number of ketones is 1. The van der Waals surface area contributed by atoms with Crippen molar-refractivity contribution in [1.29, 1.82) is 0 Å². The van der Waals surface area contributed by atoms with Crippen molar-refractivity contribution in [1.82, 2.24) is 5.32 Å². The van der Waals surface area contributed by atoms with Crippen LogP contribution < -0.4 is 10.1 Å². The highest BCUT2D eigenvalue weighted by molar-refractivity contribution is 6.01. The second-order valence-electron chi connectivity index (χ2n) is 6.14. The fraction of sp³-hybridized carbons (Fsp3) is 0.588. The maximum atomic E-state index is 12.8. The number of Topliss-reactive ketones (excluding diaryl/α,β-unsaturated/α-hetero) is 1. The fourth-order valence-electron chi connectivity index (χ4n) is 3.65. The molecule has 3 unspecified atom stereocenters. The SMILES string of the molecule is COc1ccc2c(c1)C(=O)C(C1CCCC(C)N1)CC2. The van der Waals surface area contributed by atoms with E-state index in [9.17, 15) is 4.79 Å². The number of benzene rings is 1. The Morgan fingerprint density at radius 3 is 2.85 bits per heavy atom. The molecule has 0 bridgehead atoms. The minimum Gasteiger partial charge on any atom is -0.497 e. The Morgan fingerprint density at radius 2 is 2.10 bits per heavy atom. The average molecular weight is 273 g/mol. The smallest absolute Gasteiger partial charge is 0.167 e. The van der Waals surface area contributed by atoms with Crippen LogP contribution in [-0.2, 0) is 6.42 Å². The highest BCUT2D eigenvalue weighted by Gasteiger charge is 2.35. The number of aryl methyl sites for hydroxylation is 1.